The molecular formula is C13H11MoN3O2+2. The number of benzene rings is 1. The van der Waals surface area contributed by atoms with Gasteiger partial charge in [0.05, 0.1) is 0 Å². The van der Waals surface area contributed by atoms with Crippen molar-refractivity contribution in [1.29, 1.82) is 0 Å². The molecule has 0 amide bonds. The standard InChI is InChI=1S/C6H5N3.C5H5.2CO.Mo/c1-2-4-6-5(3-1)7-9-8-6;1-2-4-5-3-1;2*1-2;/h1-4H,(H,7,8,9);1-5H;;;/q;-1;;;+2/p+1. The first-order chi connectivity index (χ1) is 8.97. The predicted octanol–water partition coefficient (Wildman–Crippen LogP) is 2.22. The molecule has 1 heterocycles. The van der Waals surface area contributed by atoms with Crippen molar-refractivity contribution in [3.8, 4) is 0 Å². The number of rotatable bonds is 0. The SMILES string of the molecule is [C-]#[O+].[C-]#[O+].[Mo+2].c1cc[cH-]c1.c1ccc2c(c1)N=N[NH2+]2. The molecule has 1 aliphatic rings. The van der Waals surface area contributed by atoms with E-state index in [9.17, 15) is 0 Å². The van der Waals surface area contributed by atoms with Crippen LogP contribution in [0.5, 0.6) is 0 Å². The van der Waals surface area contributed by atoms with E-state index in [2.05, 4.69) is 23.6 Å². The molecule has 94 valence electrons. The van der Waals surface area contributed by atoms with Crippen LogP contribution in [0.4, 0.5) is 11.4 Å². The molecule has 0 saturated heterocycles. The van der Waals surface area contributed by atoms with Crippen LogP contribution in [0, 0.1) is 13.3 Å². The van der Waals surface area contributed by atoms with E-state index >= 15 is 0 Å². The normalized spacial score (nSPS) is 8.84. The summed E-state index contributed by atoms with van der Waals surface area (Å²) in [6.45, 7) is 9.00. The maximum absolute atomic E-state index is 7.50. The van der Waals surface area contributed by atoms with Crippen LogP contribution in [0.15, 0.2) is 64.9 Å². The Bertz CT molecular complexity index is 470. The van der Waals surface area contributed by atoms with Crippen LogP contribution in [-0.2, 0) is 30.4 Å². The summed E-state index contributed by atoms with van der Waals surface area (Å²) in [5.41, 5.74) is 3.84. The Balaban J connectivity index is 0. The quantitative estimate of drug-likeness (QED) is 0.251. The van der Waals surface area contributed by atoms with E-state index in [4.69, 9.17) is 9.30 Å². The third-order valence-corrected chi connectivity index (χ3v) is 1.85. The summed E-state index contributed by atoms with van der Waals surface area (Å²) < 4.78 is 15.0. The van der Waals surface area contributed by atoms with E-state index in [1.807, 2.05) is 54.6 Å². The van der Waals surface area contributed by atoms with Crippen molar-refractivity contribution in [3.63, 3.8) is 0 Å². The van der Waals surface area contributed by atoms with Crippen LogP contribution in [-0.4, -0.2) is 0 Å². The Hall–Kier alpha value is -1.70. The molecule has 0 saturated carbocycles. The van der Waals surface area contributed by atoms with E-state index in [0.29, 0.717) is 0 Å². The van der Waals surface area contributed by atoms with Crippen LogP contribution in [0.1, 0.15) is 0 Å². The summed E-state index contributed by atoms with van der Waals surface area (Å²) >= 11 is 0. The van der Waals surface area contributed by atoms with Gasteiger partial charge in [0.15, 0.2) is 11.4 Å². The summed E-state index contributed by atoms with van der Waals surface area (Å²) in [4.78, 5) is 0. The zero-order valence-electron chi connectivity index (χ0n) is 9.89. The van der Waals surface area contributed by atoms with Gasteiger partial charge in [-0.15, -0.1) is 0 Å². The molecule has 5 nitrogen and oxygen atoms in total. The third kappa shape index (κ3) is 8.09. The Morgan fingerprint density at radius 3 is 2.00 bits per heavy atom. The average molecular weight is 337 g/mol. The fourth-order valence-corrected chi connectivity index (χ4v) is 1.16. The maximum Gasteiger partial charge on any atom is 2.00 e. The first kappa shape index (κ1) is 19.6. The first-order valence-electron chi connectivity index (χ1n) is 4.87. The minimum absolute atomic E-state index is 0. The molecule has 0 aliphatic carbocycles. The van der Waals surface area contributed by atoms with Gasteiger partial charge in [0, 0.05) is 11.3 Å². The Labute approximate surface area is 125 Å². The second kappa shape index (κ2) is 14.4. The number of nitrogens with zero attached hydrogens (tertiary/aromatic N) is 2. The van der Waals surface area contributed by atoms with Crippen molar-refractivity contribution in [2.75, 3.05) is 0 Å². The summed E-state index contributed by atoms with van der Waals surface area (Å²) in [7, 11) is 0. The molecule has 0 fully saturated rings. The molecule has 0 radical (unpaired) electrons. The van der Waals surface area contributed by atoms with Crippen LogP contribution in [0.3, 0.4) is 0 Å². The minimum Gasteiger partial charge on any atom is -0.214 e. The molecule has 1 aliphatic heterocycles. The second-order valence-electron chi connectivity index (χ2n) is 2.87. The minimum atomic E-state index is 0. The molecule has 6 heteroatoms. The van der Waals surface area contributed by atoms with Crippen LogP contribution < -0.4 is 5.43 Å². The zero-order chi connectivity index (χ0) is 13.6. The molecule has 0 aromatic heterocycles. The van der Waals surface area contributed by atoms with Gasteiger partial charge in [-0.05, 0) is 6.07 Å². The van der Waals surface area contributed by atoms with E-state index in [1.54, 1.807) is 5.43 Å². The zero-order valence-corrected chi connectivity index (χ0v) is 11.9. The topological polar surface area (TPSA) is 81.1 Å². The van der Waals surface area contributed by atoms with E-state index in [-0.39, 0.29) is 21.1 Å². The Morgan fingerprint density at radius 1 is 0.947 bits per heavy atom. The van der Waals surface area contributed by atoms with Gasteiger partial charge in [0.2, 0.25) is 0 Å². The molecule has 2 N–H and O–H groups in total. The van der Waals surface area contributed by atoms with Crippen molar-refractivity contribution in [3.05, 3.63) is 67.9 Å². The van der Waals surface area contributed by atoms with Crippen molar-refractivity contribution < 1.29 is 35.8 Å². The smallest absolute Gasteiger partial charge is 0.214 e. The number of fused-ring (bicyclic) bond motifs is 1. The van der Waals surface area contributed by atoms with E-state index < -0.39 is 0 Å². The largest absolute Gasteiger partial charge is 2.00 e. The maximum atomic E-state index is 7.50. The molecule has 0 spiro atoms. The van der Waals surface area contributed by atoms with Crippen molar-refractivity contribution in [2.24, 2.45) is 10.3 Å². The molecule has 0 bridgehead atoms. The predicted molar refractivity (Wildman–Crippen MR) is 62.4 cm³/mol. The summed E-state index contributed by atoms with van der Waals surface area (Å²) in [5.74, 6) is 0. The monoisotopic (exact) mass is 339 g/mol. The molecule has 3 rings (SSSR count). The van der Waals surface area contributed by atoms with Gasteiger partial charge in [-0.25, -0.2) is 12.1 Å². The van der Waals surface area contributed by atoms with E-state index in [1.165, 1.54) is 0 Å². The van der Waals surface area contributed by atoms with Crippen molar-refractivity contribution in [1.82, 2.24) is 0 Å². The van der Waals surface area contributed by atoms with Gasteiger partial charge in [-0.1, -0.05) is 17.2 Å². The molecule has 0 atom stereocenters. The molecule has 19 heavy (non-hydrogen) atoms. The number of quaternary nitrogens is 1. The van der Waals surface area contributed by atoms with Crippen molar-refractivity contribution in [2.45, 2.75) is 0 Å². The third-order valence-electron chi connectivity index (χ3n) is 1.85. The fourth-order valence-electron chi connectivity index (χ4n) is 1.16. The molecule has 2 aromatic rings. The van der Waals surface area contributed by atoms with Gasteiger partial charge >= 0.3 is 43.7 Å². The second-order valence-corrected chi connectivity index (χ2v) is 2.87. The fraction of sp³-hybridized carbons (Fsp3) is 0. The van der Waals surface area contributed by atoms with Crippen LogP contribution in [0.2, 0.25) is 0 Å². The van der Waals surface area contributed by atoms with Crippen LogP contribution in [0.25, 0.3) is 0 Å². The number of nitrogens with two attached hydrogens (primary N) is 1. The first-order valence-corrected chi connectivity index (χ1v) is 4.87. The van der Waals surface area contributed by atoms with Gasteiger partial charge in [-0.2, -0.15) is 23.6 Å². The number of hydrogen-bond acceptors (Lipinski definition) is 2. The van der Waals surface area contributed by atoms with E-state index in [0.717, 1.165) is 11.4 Å². The van der Waals surface area contributed by atoms with Crippen LogP contribution >= 0.6 is 0 Å². The molecular weight excluding hydrogens is 326 g/mol. The summed E-state index contributed by atoms with van der Waals surface area (Å²) in [5, 5.41) is 7.62. The van der Waals surface area contributed by atoms with Gasteiger partial charge < -0.3 is 0 Å². The Morgan fingerprint density at radius 2 is 1.53 bits per heavy atom. The van der Waals surface area contributed by atoms with Gasteiger partial charge in [0.1, 0.15) is 0 Å². The number of hydrogen-bond donors (Lipinski definition) is 1. The van der Waals surface area contributed by atoms with Gasteiger partial charge in [-0.3, -0.25) is 0 Å². The summed E-state index contributed by atoms with van der Waals surface area (Å²) in [6, 6.07) is 17.9. The molecule has 0 unspecified atom stereocenters. The summed E-state index contributed by atoms with van der Waals surface area (Å²) in [6.07, 6.45) is 0. The van der Waals surface area contributed by atoms with Gasteiger partial charge in [0.25, 0.3) is 0 Å². The Kier molecular flexibility index (Phi) is 14.8. The molecule has 2 aromatic carbocycles. The van der Waals surface area contributed by atoms with Crippen molar-refractivity contribution >= 4 is 11.4 Å². The average Bonchev–Trinajstić information content (AvgIpc) is 3.17.